The van der Waals surface area contributed by atoms with Crippen molar-refractivity contribution in [2.24, 2.45) is 13.0 Å². The van der Waals surface area contributed by atoms with Gasteiger partial charge in [-0.25, -0.2) is 0 Å². The zero-order chi connectivity index (χ0) is 14.4. The molecule has 0 aromatic carbocycles. The number of aromatic nitrogens is 2. The number of nitrogens with zero attached hydrogens (tertiary/aromatic N) is 3. The van der Waals surface area contributed by atoms with Gasteiger partial charge in [0.05, 0.1) is 12.7 Å². The number of carbonyl (C=O) groups excluding carboxylic acids is 1. The Labute approximate surface area is 124 Å². The second-order valence-electron chi connectivity index (χ2n) is 6.56. The predicted octanol–water partition coefficient (Wildman–Crippen LogP) is 0.402. The van der Waals surface area contributed by atoms with Crippen molar-refractivity contribution in [3.05, 3.63) is 18.0 Å². The lowest BCUT2D eigenvalue weighted by Crippen LogP contribution is -2.47. The molecule has 1 saturated carbocycles. The molecule has 1 aliphatic carbocycles. The molecule has 4 rings (SSSR count). The van der Waals surface area contributed by atoms with E-state index in [-0.39, 0.29) is 11.9 Å². The van der Waals surface area contributed by atoms with Crippen LogP contribution in [0.15, 0.2) is 12.3 Å². The number of hydrogen-bond donors (Lipinski definition) is 1. The Morgan fingerprint density at radius 3 is 3.00 bits per heavy atom. The van der Waals surface area contributed by atoms with Crippen LogP contribution in [0.5, 0.6) is 0 Å². The van der Waals surface area contributed by atoms with Gasteiger partial charge in [-0.15, -0.1) is 0 Å². The predicted molar refractivity (Wildman–Crippen MR) is 76.9 cm³/mol. The summed E-state index contributed by atoms with van der Waals surface area (Å²) in [6.07, 6.45) is 5.71. The molecule has 1 aromatic rings. The Hall–Kier alpha value is -1.40. The minimum Gasteiger partial charge on any atom is -0.375 e. The first-order valence-corrected chi connectivity index (χ1v) is 7.85. The van der Waals surface area contributed by atoms with Gasteiger partial charge in [0.2, 0.25) is 0 Å². The smallest absolute Gasteiger partial charge is 0.269 e. The number of ether oxygens (including phenoxy) is 1. The molecule has 1 amide bonds. The molecule has 3 fully saturated rings. The molecular weight excluding hydrogens is 268 g/mol. The highest BCUT2D eigenvalue weighted by molar-refractivity contribution is 5.92. The molecule has 0 unspecified atom stereocenters. The summed E-state index contributed by atoms with van der Waals surface area (Å²) in [5.74, 6) is 0.758. The Kier molecular flexibility index (Phi) is 3.23. The van der Waals surface area contributed by atoms with Crippen molar-refractivity contribution in [1.82, 2.24) is 20.0 Å². The fourth-order valence-corrected chi connectivity index (χ4v) is 3.61. The lowest BCUT2D eigenvalue weighted by molar-refractivity contribution is -0.0581. The first-order chi connectivity index (χ1) is 10.2. The second-order valence-corrected chi connectivity index (χ2v) is 6.56. The van der Waals surface area contributed by atoms with Gasteiger partial charge < -0.3 is 10.1 Å². The molecule has 3 atom stereocenters. The average Bonchev–Trinajstić information content (AvgIpc) is 3.10. The Morgan fingerprint density at radius 1 is 1.43 bits per heavy atom. The number of nitrogens with one attached hydrogen (secondary N) is 1. The van der Waals surface area contributed by atoms with E-state index in [0.717, 1.165) is 32.0 Å². The van der Waals surface area contributed by atoms with Crippen molar-refractivity contribution >= 4 is 5.91 Å². The number of morpholine rings is 1. The number of aryl methyl sites for hydroxylation is 1. The maximum Gasteiger partial charge on any atom is 0.269 e. The van der Waals surface area contributed by atoms with Crippen LogP contribution in [0, 0.1) is 5.92 Å². The molecule has 6 heteroatoms. The first kappa shape index (κ1) is 13.3. The lowest BCUT2D eigenvalue weighted by Gasteiger charge is -2.35. The normalized spacial score (nSPS) is 32.9. The fourth-order valence-electron chi connectivity index (χ4n) is 3.61. The SMILES string of the molecule is Cn1nccc1C(=O)N[C@H]1C[C@H]2CO[C@@H](C3CC3)CN2C1. The molecule has 1 N–H and O–H groups in total. The van der Waals surface area contributed by atoms with E-state index in [9.17, 15) is 4.79 Å². The molecule has 6 nitrogen and oxygen atoms in total. The van der Waals surface area contributed by atoms with E-state index in [4.69, 9.17) is 4.74 Å². The van der Waals surface area contributed by atoms with Crippen LogP contribution in [0.4, 0.5) is 0 Å². The molecule has 21 heavy (non-hydrogen) atoms. The minimum absolute atomic E-state index is 0.0282. The summed E-state index contributed by atoms with van der Waals surface area (Å²) in [7, 11) is 1.79. The Balaban J connectivity index is 1.36. The van der Waals surface area contributed by atoms with E-state index >= 15 is 0 Å². The van der Waals surface area contributed by atoms with Crippen molar-refractivity contribution in [3.8, 4) is 0 Å². The highest BCUT2D eigenvalue weighted by Crippen LogP contribution is 2.37. The van der Waals surface area contributed by atoms with Gasteiger partial charge in [0.15, 0.2) is 0 Å². The number of carbonyl (C=O) groups is 1. The van der Waals surface area contributed by atoms with Crippen LogP contribution in [0.1, 0.15) is 29.8 Å². The highest BCUT2D eigenvalue weighted by atomic mass is 16.5. The van der Waals surface area contributed by atoms with Gasteiger partial charge in [-0.3, -0.25) is 14.4 Å². The number of amides is 1. The van der Waals surface area contributed by atoms with Crippen LogP contribution < -0.4 is 5.32 Å². The minimum atomic E-state index is -0.0282. The van der Waals surface area contributed by atoms with Crippen molar-refractivity contribution in [1.29, 1.82) is 0 Å². The van der Waals surface area contributed by atoms with Crippen LogP contribution in [0.2, 0.25) is 0 Å². The Morgan fingerprint density at radius 2 is 2.29 bits per heavy atom. The molecule has 2 saturated heterocycles. The average molecular weight is 290 g/mol. The maximum atomic E-state index is 12.2. The molecule has 1 aromatic heterocycles. The zero-order valence-electron chi connectivity index (χ0n) is 12.4. The van der Waals surface area contributed by atoms with E-state index in [2.05, 4.69) is 15.3 Å². The van der Waals surface area contributed by atoms with Gasteiger partial charge in [-0.1, -0.05) is 0 Å². The molecular formula is C15H22N4O2. The van der Waals surface area contributed by atoms with Crippen LogP contribution in [0.3, 0.4) is 0 Å². The summed E-state index contributed by atoms with van der Waals surface area (Å²) in [6.45, 7) is 2.80. The van der Waals surface area contributed by atoms with Crippen molar-refractivity contribution in [2.75, 3.05) is 19.7 Å². The highest BCUT2D eigenvalue weighted by Gasteiger charge is 2.42. The van der Waals surface area contributed by atoms with Crippen LogP contribution in [-0.4, -0.2) is 58.5 Å². The van der Waals surface area contributed by atoms with E-state index < -0.39 is 0 Å². The summed E-state index contributed by atoms with van der Waals surface area (Å²) in [6, 6.07) is 2.44. The standard InChI is InChI=1S/C15H22N4O2/c1-18-13(4-5-16-18)15(20)17-11-6-12-9-21-14(10-2-3-10)8-19(12)7-11/h4-5,10-12,14H,2-3,6-9H2,1H3,(H,17,20)/t11-,12-,14+/m0/s1. The van der Waals surface area contributed by atoms with Crippen LogP contribution in [0.25, 0.3) is 0 Å². The van der Waals surface area contributed by atoms with Crippen molar-refractivity contribution in [3.63, 3.8) is 0 Å². The molecule has 0 spiro atoms. The molecule has 0 bridgehead atoms. The third kappa shape index (κ3) is 2.58. The van der Waals surface area contributed by atoms with E-state index in [1.807, 2.05) is 0 Å². The molecule has 3 heterocycles. The van der Waals surface area contributed by atoms with Crippen molar-refractivity contribution < 1.29 is 9.53 Å². The van der Waals surface area contributed by atoms with E-state index in [0.29, 0.717) is 17.8 Å². The number of rotatable bonds is 3. The maximum absolute atomic E-state index is 12.2. The van der Waals surface area contributed by atoms with Gasteiger partial charge >= 0.3 is 0 Å². The third-order valence-corrected chi connectivity index (χ3v) is 4.98. The van der Waals surface area contributed by atoms with Crippen LogP contribution >= 0.6 is 0 Å². The summed E-state index contributed by atoms with van der Waals surface area (Å²) in [4.78, 5) is 14.7. The summed E-state index contributed by atoms with van der Waals surface area (Å²) < 4.78 is 7.61. The van der Waals surface area contributed by atoms with Gasteiger partial charge in [0, 0.05) is 38.4 Å². The number of hydrogen-bond acceptors (Lipinski definition) is 4. The lowest BCUT2D eigenvalue weighted by atomic mass is 10.1. The molecule has 3 aliphatic rings. The largest absolute Gasteiger partial charge is 0.375 e. The van der Waals surface area contributed by atoms with Gasteiger partial charge in [0.25, 0.3) is 5.91 Å². The summed E-state index contributed by atoms with van der Waals surface area (Å²) in [5, 5.41) is 7.19. The summed E-state index contributed by atoms with van der Waals surface area (Å²) >= 11 is 0. The number of fused-ring (bicyclic) bond motifs is 1. The van der Waals surface area contributed by atoms with E-state index in [1.54, 1.807) is 24.0 Å². The third-order valence-electron chi connectivity index (χ3n) is 4.98. The first-order valence-electron chi connectivity index (χ1n) is 7.85. The second kappa shape index (κ2) is 5.10. The van der Waals surface area contributed by atoms with Gasteiger partial charge in [-0.2, -0.15) is 5.10 Å². The topological polar surface area (TPSA) is 59.4 Å². The molecule has 114 valence electrons. The van der Waals surface area contributed by atoms with Crippen molar-refractivity contribution in [2.45, 2.75) is 37.5 Å². The summed E-state index contributed by atoms with van der Waals surface area (Å²) in [5.41, 5.74) is 0.618. The quantitative estimate of drug-likeness (QED) is 0.875. The molecule has 0 radical (unpaired) electrons. The zero-order valence-corrected chi connectivity index (χ0v) is 12.4. The van der Waals surface area contributed by atoms with Crippen LogP contribution in [-0.2, 0) is 11.8 Å². The van der Waals surface area contributed by atoms with Gasteiger partial charge in [0.1, 0.15) is 5.69 Å². The Bertz CT molecular complexity index is 540. The molecule has 2 aliphatic heterocycles. The monoisotopic (exact) mass is 290 g/mol. The fraction of sp³-hybridized carbons (Fsp3) is 0.733. The van der Waals surface area contributed by atoms with E-state index in [1.165, 1.54) is 12.8 Å². The van der Waals surface area contributed by atoms with Gasteiger partial charge in [-0.05, 0) is 31.2 Å².